The number of benzene rings is 3. The van der Waals surface area contributed by atoms with Crippen LogP contribution in [0.1, 0.15) is 6.92 Å². The number of pyridine rings is 1. The van der Waals surface area contributed by atoms with Crippen LogP contribution in [-0.2, 0) is 0 Å². The highest BCUT2D eigenvalue weighted by Crippen LogP contribution is 2.31. The maximum atomic E-state index is 12.4. The maximum Gasteiger partial charge on any atom is 0.323 e. The first-order chi connectivity index (χ1) is 15.2. The molecule has 6 heteroatoms. The van der Waals surface area contributed by atoms with Gasteiger partial charge in [0.15, 0.2) is 0 Å². The van der Waals surface area contributed by atoms with Crippen molar-refractivity contribution in [2.45, 2.75) is 6.92 Å². The second kappa shape index (κ2) is 9.17. The molecule has 0 aliphatic rings. The minimum Gasteiger partial charge on any atom is -0.496 e. The molecule has 2 amide bonds. The highest BCUT2D eigenvalue weighted by Gasteiger charge is 2.10. The van der Waals surface area contributed by atoms with E-state index in [0.29, 0.717) is 23.7 Å². The van der Waals surface area contributed by atoms with Crippen LogP contribution >= 0.6 is 0 Å². The van der Waals surface area contributed by atoms with Gasteiger partial charge in [-0.1, -0.05) is 30.3 Å². The van der Waals surface area contributed by atoms with Gasteiger partial charge in [-0.3, -0.25) is 0 Å². The summed E-state index contributed by atoms with van der Waals surface area (Å²) in [6.07, 6.45) is 0. The van der Waals surface area contributed by atoms with Crippen molar-refractivity contribution in [3.8, 4) is 22.8 Å². The fraction of sp³-hybridized carbons (Fsp3) is 0.120. The van der Waals surface area contributed by atoms with Crippen LogP contribution in [0.2, 0.25) is 0 Å². The lowest BCUT2D eigenvalue weighted by Gasteiger charge is -2.12. The molecule has 0 fully saturated rings. The number of fused-ring (bicyclic) bond motifs is 1. The van der Waals surface area contributed by atoms with Crippen molar-refractivity contribution in [3.63, 3.8) is 0 Å². The average Bonchev–Trinajstić information content (AvgIpc) is 2.80. The van der Waals surface area contributed by atoms with Gasteiger partial charge in [0.2, 0.25) is 0 Å². The highest BCUT2D eigenvalue weighted by molar-refractivity contribution is 6.01. The van der Waals surface area contributed by atoms with E-state index >= 15 is 0 Å². The van der Waals surface area contributed by atoms with Gasteiger partial charge in [-0.05, 0) is 49.4 Å². The zero-order chi connectivity index (χ0) is 21.6. The number of hydrogen-bond donors (Lipinski definition) is 2. The van der Waals surface area contributed by atoms with Crippen molar-refractivity contribution in [2.24, 2.45) is 0 Å². The first-order valence-corrected chi connectivity index (χ1v) is 10.0. The summed E-state index contributed by atoms with van der Waals surface area (Å²) in [5, 5.41) is 6.49. The molecular formula is C25H23N3O3. The van der Waals surface area contributed by atoms with Crippen molar-refractivity contribution < 1.29 is 14.3 Å². The van der Waals surface area contributed by atoms with Crippen LogP contribution in [0.25, 0.3) is 22.2 Å². The molecule has 0 atom stereocenters. The summed E-state index contributed by atoms with van der Waals surface area (Å²) >= 11 is 0. The van der Waals surface area contributed by atoms with Crippen molar-refractivity contribution in [2.75, 3.05) is 24.4 Å². The smallest absolute Gasteiger partial charge is 0.323 e. The number of amides is 2. The standard InChI is InChI=1S/C25H23N3O3/c1-3-31-20-12-9-18(10-13-20)26-25(29)27-19-11-14-22-21(15-19)24(30-2)16-23(28-22)17-7-5-4-6-8-17/h4-16H,3H2,1-2H3,(H2,26,27,29). The Morgan fingerprint density at radius 2 is 1.61 bits per heavy atom. The number of urea groups is 1. The summed E-state index contributed by atoms with van der Waals surface area (Å²) in [6, 6.07) is 24.3. The van der Waals surface area contributed by atoms with Gasteiger partial charge in [-0.2, -0.15) is 0 Å². The predicted molar refractivity (Wildman–Crippen MR) is 124 cm³/mol. The number of nitrogens with zero attached hydrogens (tertiary/aromatic N) is 1. The van der Waals surface area contributed by atoms with E-state index in [-0.39, 0.29) is 6.03 Å². The summed E-state index contributed by atoms with van der Waals surface area (Å²) in [5.74, 6) is 1.46. The number of nitrogens with one attached hydrogen (secondary N) is 2. The molecule has 0 saturated carbocycles. The molecule has 6 nitrogen and oxygen atoms in total. The van der Waals surface area contributed by atoms with Crippen molar-refractivity contribution in [3.05, 3.63) is 78.9 Å². The Morgan fingerprint density at radius 3 is 2.32 bits per heavy atom. The van der Waals surface area contributed by atoms with Crippen LogP contribution in [0, 0.1) is 0 Å². The van der Waals surface area contributed by atoms with Crippen LogP contribution in [0.4, 0.5) is 16.2 Å². The van der Waals surface area contributed by atoms with Crippen LogP contribution in [0.15, 0.2) is 78.9 Å². The molecule has 4 rings (SSSR count). The number of anilines is 2. The highest BCUT2D eigenvalue weighted by atomic mass is 16.5. The Morgan fingerprint density at radius 1 is 0.903 bits per heavy atom. The number of hydrogen-bond acceptors (Lipinski definition) is 4. The lowest BCUT2D eigenvalue weighted by molar-refractivity contribution is 0.262. The van der Waals surface area contributed by atoms with E-state index < -0.39 is 0 Å². The molecular weight excluding hydrogens is 390 g/mol. The topological polar surface area (TPSA) is 72.5 Å². The van der Waals surface area contributed by atoms with Crippen molar-refractivity contribution >= 4 is 28.3 Å². The largest absolute Gasteiger partial charge is 0.496 e. The van der Waals surface area contributed by atoms with Gasteiger partial charge < -0.3 is 20.1 Å². The van der Waals surface area contributed by atoms with E-state index in [1.54, 1.807) is 19.2 Å². The monoisotopic (exact) mass is 413 g/mol. The third-order valence-electron chi connectivity index (χ3n) is 4.74. The van der Waals surface area contributed by atoms with E-state index in [1.165, 1.54) is 0 Å². The first-order valence-electron chi connectivity index (χ1n) is 10.0. The molecule has 1 aromatic heterocycles. The van der Waals surface area contributed by atoms with Crippen molar-refractivity contribution in [1.82, 2.24) is 4.98 Å². The Hall–Kier alpha value is -4.06. The van der Waals surface area contributed by atoms with Crippen LogP contribution in [0.3, 0.4) is 0 Å². The van der Waals surface area contributed by atoms with Gasteiger partial charge in [0.1, 0.15) is 11.5 Å². The van der Waals surface area contributed by atoms with E-state index in [9.17, 15) is 4.79 Å². The molecule has 2 N–H and O–H groups in total. The minimum atomic E-state index is -0.337. The summed E-state index contributed by atoms with van der Waals surface area (Å²) < 4.78 is 11.0. The Balaban J connectivity index is 1.53. The molecule has 0 unspecified atom stereocenters. The second-order valence-electron chi connectivity index (χ2n) is 6.84. The summed E-state index contributed by atoms with van der Waals surface area (Å²) in [7, 11) is 1.63. The molecule has 0 spiro atoms. The molecule has 0 saturated heterocycles. The normalized spacial score (nSPS) is 10.5. The van der Waals surface area contributed by atoms with E-state index in [0.717, 1.165) is 27.9 Å². The lowest BCUT2D eigenvalue weighted by Crippen LogP contribution is -2.19. The van der Waals surface area contributed by atoms with E-state index in [4.69, 9.17) is 14.5 Å². The molecule has 31 heavy (non-hydrogen) atoms. The SMILES string of the molecule is CCOc1ccc(NC(=O)Nc2ccc3nc(-c4ccccc4)cc(OC)c3c2)cc1. The zero-order valence-corrected chi connectivity index (χ0v) is 17.4. The van der Waals surface area contributed by atoms with Crippen LogP contribution in [-0.4, -0.2) is 24.7 Å². The third-order valence-corrected chi connectivity index (χ3v) is 4.74. The first kappa shape index (κ1) is 20.2. The van der Waals surface area contributed by atoms with E-state index in [1.807, 2.05) is 73.7 Å². The number of carbonyl (C=O) groups is 1. The van der Waals surface area contributed by atoms with Crippen molar-refractivity contribution in [1.29, 1.82) is 0 Å². The fourth-order valence-corrected chi connectivity index (χ4v) is 3.29. The molecule has 0 aliphatic carbocycles. The van der Waals surface area contributed by atoms with Gasteiger partial charge >= 0.3 is 6.03 Å². The quantitative estimate of drug-likeness (QED) is 0.409. The average molecular weight is 413 g/mol. The third kappa shape index (κ3) is 4.75. The molecule has 0 aliphatic heterocycles. The summed E-state index contributed by atoms with van der Waals surface area (Å²) in [6.45, 7) is 2.52. The molecule has 4 aromatic rings. The van der Waals surface area contributed by atoms with Gasteiger partial charge in [-0.15, -0.1) is 0 Å². The summed E-state index contributed by atoms with van der Waals surface area (Å²) in [4.78, 5) is 17.2. The number of ether oxygens (including phenoxy) is 2. The van der Waals surface area contributed by atoms with Gasteiger partial charge in [0.05, 0.1) is 24.9 Å². The lowest BCUT2D eigenvalue weighted by atomic mass is 10.1. The number of methoxy groups -OCH3 is 1. The van der Waals surface area contributed by atoms with Gasteiger partial charge in [-0.25, -0.2) is 9.78 Å². The second-order valence-corrected chi connectivity index (χ2v) is 6.84. The molecule has 3 aromatic carbocycles. The Bertz CT molecular complexity index is 1190. The maximum absolute atomic E-state index is 12.4. The molecule has 156 valence electrons. The van der Waals surface area contributed by atoms with E-state index in [2.05, 4.69) is 10.6 Å². The number of aromatic nitrogens is 1. The Kier molecular flexibility index (Phi) is 5.98. The fourth-order valence-electron chi connectivity index (χ4n) is 3.29. The van der Waals surface area contributed by atoms with Gasteiger partial charge in [0, 0.05) is 28.4 Å². The number of carbonyl (C=O) groups excluding carboxylic acids is 1. The minimum absolute atomic E-state index is 0.337. The summed E-state index contributed by atoms with van der Waals surface area (Å²) in [5.41, 5.74) is 3.95. The van der Waals surface area contributed by atoms with Gasteiger partial charge in [0.25, 0.3) is 0 Å². The van der Waals surface area contributed by atoms with Crippen LogP contribution < -0.4 is 20.1 Å². The predicted octanol–water partition coefficient (Wildman–Crippen LogP) is 5.95. The van der Waals surface area contributed by atoms with Crippen LogP contribution in [0.5, 0.6) is 11.5 Å². The Labute approximate surface area is 180 Å². The zero-order valence-electron chi connectivity index (χ0n) is 17.4. The number of rotatable bonds is 6. The molecule has 1 heterocycles. The molecule has 0 bridgehead atoms. The molecule has 0 radical (unpaired) electrons.